The quantitative estimate of drug-likeness (QED) is 0.468. The van der Waals surface area contributed by atoms with Crippen LogP contribution in [0.2, 0.25) is 0 Å². The van der Waals surface area contributed by atoms with E-state index in [0.29, 0.717) is 6.54 Å². The molecular weight excluding hydrogens is 148 g/mol. The molecule has 0 aliphatic rings. The molecule has 1 N–H and O–H groups in total. The lowest BCUT2D eigenvalue weighted by molar-refractivity contribution is 0.260. The average molecular weight is 162 g/mol. The van der Waals surface area contributed by atoms with E-state index < -0.39 is 0 Å². The zero-order valence-electron chi connectivity index (χ0n) is 6.42. The van der Waals surface area contributed by atoms with Crippen LogP contribution in [-0.2, 0) is 0 Å². The first-order valence-electron chi connectivity index (χ1n) is 3.24. The fourth-order valence-electron chi connectivity index (χ4n) is 0.591. The third kappa shape index (κ3) is 7.78. The van der Waals surface area contributed by atoms with E-state index in [9.17, 15) is 4.79 Å². The van der Waals surface area contributed by atoms with Crippen molar-refractivity contribution in [3.05, 3.63) is 0 Å². The zero-order valence-corrected chi connectivity index (χ0v) is 7.32. The standard InChI is InChI=1S/C6H14N2OS/c1-8(2)5-3-4-7-6(9)10/h3-5H2,1-2H3,(H2,7,9,10). The summed E-state index contributed by atoms with van der Waals surface area (Å²) in [5.74, 6) is 0. The maximum Gasteiger partial charge on any atom is 0.275 e. The average Bonchev–Trinajstić information content (AvgIpc) is 1.79. The third-order valence-electron chi connectivity index (χ3n) is 1.06. The molecule has 0 fully saturated rings. The highest BCUT2D eigenvalue weighted by molar-refractivity contribution is 7.96. The second-order valence-electron chi connectivity index (χ2n) is 2.39. The highest BCUT2D eigenvalue weighted by atomic mass is 32.1. The molecule has 3 nitrogen and oxygen atoms in total. The van der Waals surface area contributed by atoms with Crippen LogP contribution in [0.5, 0.6) is 0 Å². The van der Waals surface area contributed by atoms with Crippen molar-refractivity contribution in [1.29, 1.82) is 0 Å². The number of hydrogen-bond donors (Lipinski definition) is 2. The van der Waals surface area contributed by atoms with Crippen molar-refractivity contribution in [3.8, 4) is 0 Å². The molecule has 0 aliphatic carbocycles. The number of amides is 1. The summed E-state index contributed by atoms with van der Waals surface area (Å²) in [4.78, 5) is 12.3. The maximum absolute atomic E-state index is 10.2. The molecule has 60 valence electrons. The van der Waals surface area contributed by atoms with Gasteiger partial charge in [0.25, 0.3) is 5.24 Å². The SMILES string of the molecule is CN(C)CCCNC(=O)S. The van der Waals surface area contributed by atoms with Crippen LogP contribution in [0.3, 0.4) is 0 Å². The Kier molecular flexibility index (Phi) is 5.43. The van der Waals surface area contributed by atoms with Crippen LogP contribution >= 0.6 is 12.6 Å². The molecule has 0 aromatic rings. The number of carbonyl (C=O) groups excluding carboxylic acids is 1. The van der Waals surface area contributed by atoms with E-state index in [2.05, 4.69) is 22.8 Å². The van der Waals surface area contributed by atoms with Gasteiger partial charge in [-0.1, -0.05) is 12.6 Å². The first kappa shape index (κ1) is 9.78. The lowest BCUT2D eigenvalue weighted by Gasteiger charge is -2.08. The Morgan fingerprint density at radius 2 is 2.20 bits per heavy atom. The van der Waals surface area contributed by atoms with Gasteiger partial charge < -0.3 is 10.2 Å². The number of rotatable bonds is 4. The van der Waals surface area contributed by atoms with E-state index in [1.165, 1.54) is 0 Å². The number of carbonyl (C=O) groups is 1. The predicted molar refractivity (Wildman–Crippen MR) is 45.6 cm³/mol. The van der Waals surface area contributed by atoms with Gasteiger partial charge >= 0.3 is 0 Å². The lowest BCUT2D eigenvalue weighted by Crippen LogP contribution is -2.22. The number of nitrogens with one attached hydrogen (secondary N) is 1. The van der Waals surface area contributed by atoms with Crippen LogP contribution in [0.15, 0.2) is 0 Å². The fourth-order valence-corrected chi connectivity index (χ4v) is 0.702. The minimum atomic E-state index is -0.251. The zero-order chi connectivity index (χ0) is 7.98. The molecule has 0 radical (unpaired) electrons. The van der Waals surface area contributed by atoms with Gasteiger partial charge in [0.05, 0.1) is 0 Å². The van der Waals surface area contributed by atoms with Gasteiger partial charge in [0.2, 0.25) is 0 Å². The van der Waals surface area contributed by atoms with E-state index in [1.54, 1.807) is 0 Å². The molecule has 1 amide bonds. The van der Waals surface area contributed by atoms with Gasteiger partial charge in [0, 0.05) is 6.54 Å². The van der Waals surface area contributed by atoms with Crippen LogP contribution < -0.4 is 5.32 Å². The number of thiol groups is 1. The predicted octanol–water partition coefficient (Wildman–Crippen LogP) is 0.578. The first-order valence-corrected chi connectivity index (χ1v) is 3.69. The van der Waals surface area contributed by atoms with Gasteiger partial charge in [-0.05, 0) is 27.1 Å². The number of nitrogens with zero attached hydrogens (tertiary/aromatic N) is 1. The summed E-state index contributed by atoms with van der Waals surface area (Å²) in [6, 6.07) is 0. The summed E-state index contributed by atoms with van der Waals surface area (Å²) in [7, 11) is 4.00. The molecule has 0 rings (SSSR count). The Morgan fingerprint density at radius 3 is 2.60 bits per heavy atom. The molecule has 0 unspecified atom stereocenters. The van der Waals surface area contributed by atoms with Gasteiger partial charge in [-0.2, -0.15) is 0 Å². The van der Waals surface area contributed by atoms with Crippen molar-refractivity contribution in [3.63, 3.8) is 0 Å². The Morgan fingerprint density at radius 1 is 1.60 bits per heavy atom. The Labute approximate surface area is 67.2 Å². The van der Waals surface area contributed by atoms with Crippen molar-refractivity contribution in [2.24, 2.45) is 0 Å². The Hall–Kier alpha value is -0.220. The van der Waals surface area contributed by atoms with E-state index in [-0.39, 0.29) is 5.24 Å². The van der Waals surface area contributed by atoms with E-state index in [0.717, 1.165) is 13.0 Å². The number of hydrogen-bond acceptors (Lipinski definition) is 2. The highest BCUT2D eigenvalue weighted by Gasteiger charge is 1.91. The molecule has 0 saturated carbocycles. The first-order chi connectivity index (χ1) is 4.63. The monoisotopic (exact) mass is 162 g/mol. The fraction of sp³-hybridized carbons (Fsp3) is 0.833. The molecule has 0 saturated heterocycles. The van der Waals surface area contributed by atoms with E-state index in [4.69, 9.17) is 0 Å². The van der Waals surface area contributed by atoms with Crippen LogP contribution in [0.25, 0.3) is 0 Å². The summed E-state index contributed by atoms with van der Waals surface area (Å²) in [5.41, 5.74) is 0. The van der Waals surface area contributed by atoms with Gasteiger partial charge in [-0.15, -0.1) is 0 Å². The molecule has 0 heterocycles. The lowest BCUT2D eigenvalue weighted by atomic mass is 10.4. The second kappa shape index (κ2) is 5.56. The van der Waals surface area contributed by atoms with Crippen molar-refractivity contribution in [2.75, 3.05) is 27.2 Å². The van der Waals surface area contributed by atoms with Gasteiger partial charge in [-0.25, -0.2) is 0 Å². The topological polar surface area (TPSA) is 32.3 Å². The van der Waals surface area contributed by atoms with Crippen molar-refractivity contribution < 1.29 is 4.79 Å². The highest BCUT2D eigenvalue weighted by Crippen LogP contribution is 1.82. The molecule has 10 heavy (non-hydrogen) atoms. The molecule has 0 atom stereocenters. The summed E-state index contributed by atoms with van der Waals surface area (Å²) in [6.07, 6.45) is 0.972. The Balaban J connectivity index is 2.98. The minimum Gasteiger partial charge on any atom is -0.347 e. The van der Waals surface area contributed by atoms with Crippen LogP contribution in [0, 0.1) is 0 Å². The smallest absolute Gasteiger partial charge is 0.275 e. The summed E-state index contributed by atoms with van der Waals surface area (Å²) >= 11 is 3.56. The molecule has 0 aromatic carbocycles. The van der Waals surface area contributed by atoms with Crippen LogP contribution in [-0.4, -0.2) is 37.3 Å². The van der Waals surface area contributed by atoms with Crippen LogP contribution in [0.4, 0.5) is 4.79 Å². The van der Waals surface area contributed by atoms with Gasteiger partial charge in [0.15, 0.2) is 0 Å². The molecular formula is C6H14N2OS. The Bertz CT molecular complexity index is 106. The minimum absolute atomic E-state index is 0.251. The van der Waals surface area contributed by atoms with Crippen LogP contribution in [0.1, 0.15) is 6.42 Å². The molecule has 0 spiro atoms. The largest absolute Gasteiger partial charge is 0.347 e. The molecule has 0 aliphatic heterocycles. The van der Waals surface area contributed by atoms with E-state index in [1.807, 2.05) is 14.1 Å². The summed E-state index contributed by atoms with van der Waals surface area (Å²) in [5, 5.41) is 2.35. The normalized spacial score (nSPS) is 10.0. The summed E-state index contributed by atoms with van der Waals surface area (Å²) < 4.78 is 0. The van der Waals surface area contributed by atoms with Crippen molar-refractivity contribution in [2.45, 2.75) is 6.42 Å². The van der Waals surface area contributed by atoms with E-state index >= 15 is 0 Å². The maximum atomic E-state index is 10.2. The molecule has 4 heteroatoms. The molecule has 0 bridgehead atoms. The summed E-state index contributed by atoms with van der Waals surface area (Å²) in [6.45, 7) is 1.70. The van der Waals surface area contributed by atoms with Crippen molar-refractivity contribution in [1.82, 2.24) is 10.2 Å². The van der Waals surface area contributed by atoms with Gasteiger partial charge in [0.1, 0.15) is 0 Å². The third-order valence-corrected chi connectivity index (χ3v) is 1.22. The van der Waals surface area contributed by atoms with Gasteiger partial charge in [-0.3, -0.25) is 4.79 Å². The molecule has 0 aromatic heterocycles. The second-order valence-corrected chi connectivity index (χ2v) is 2.79. The van der Waals surface area contributed by atoms with Crippen molar-refractivity contribution >= 4 is 17.9 Å².